The van der Waals surface area contributed by atoms with Crippen LogP contribution in [0.15, 0.2) is 17.5 Å². The second-order valence-electron chi connectivity index (χ2n) is 4.26. The van der Waals surface area contributed by atoms with Gasteiger partial charge in [0.15, 0.2) is 5.13 Å². The molecule has 0 saturated heterocycles. The summed E-state index contributed by atoms with van der Waals surface area (Å²) in [6.45, 7) is 3.69. The molecular formula is C13H19N3S2. The molecule has 0 aliphatic heterocycles. The maximum Gasteiger partial charge on any atom is 0.185 e. The Morgan fingerprint density at radius 2 is 2.28 bits per heavy atom. The minimum absolute atomic E-state index is 0.597. The van der Waals surface area contributed by atoms with Crippen molar-refractivity contribution in [2.24, 2.45) is 5.73 Å². The van der Waals surface area contributed by atoms with E-state index < -0.39 is 0 Å². The van der Waals surface area contributed by atoms with Crippen LogP contribution in [-0.2, 0) is 19.5 Å². The third kappa shape index (κ3) is 3.10. The minimum atomic E-state index is 0.597. The molecule has 2 aromatic rings. The van der Waals surface area contributed by atoms with Gasteiger partial charge in [-0.3, -0.25) is 0 Å². The van der Waals surface area contributed by atoms with E-state index in [4.69, 9.17) is 10.7 Å². The molecule has 0 aromatic carbocycles. The average Bonchev–Trinajstić information content (AvgIpc) is 2.98. The number of thiophene rings is 1. The molecule has 0 aliphatic rings. The zero-order chi connectivity index (χ0) is 13.0. The third-order valence-corrected chi connectivity index (χ3v) is 4.83. The molecule has 0 aliphatic carbocycles. The van der Waals surface area contributed by atoms with Gasteiger partial charge in [-0.25, -0.2) is 4.98 Å². The lowest BCUT2D eigenvalue weighted by Crippen LogP contribution is -2.15. The predicted octanol–water partition coefficient (Wildman–Crippen LogP) is 3.25. The van der Waals surface area contributed by atoms with E-state index in [-0.39, 0.29) is 0 Å². The van der Waals surface area contributed by atoms with E-state index in [9.17, 15) is 0 Å². The predicted molar refractivity (Wildman–Crippen MR) is 80.4 cm³/mol. The van der Waals surface area contributed by atoms with E-state index >= 15 is 0 Å². The molecule has 2 aromatic heterocycles. The van der Waals surface area contributed by atoms with E-state index in [1.54, 1.807) is 22.7 Å². The first-order valence-electron chi connectivity index (χ1n) is 6.16. The SMILES string of the molecule is CCCc1nc(N(C)Cc2cccs2)sc1CN. The summed E-state index contributed by atoms with van der Waals surface area (Å²) in [6, 6.07) is 4.25. The standard InChI is InChI=1S/C13H19N3S2/c1-3-5-11-12(8-14)18-13(15-11)16(2)9-10-6-4-7-17-10/h4,6-7H,3,5,8-9,14H2,1-2H3. The van der Waals surface area contributed by atoms with Gasteiger partial charge in [0.25, 0.3) is 0 Å². The van der Waals surface area contributed by atoms with Gasteiger partial charge in [0.1, 0.15) is 0 Å². The van der Waals surface area contributed by atoms with Gasteiger partial charge in [0, 0.05) is 23.3 Å². The molecule has 0 fully saturated rings. The maximum atomic E-state index is 5.78. The lowest BCUT2D eigenvalue weighted by Gasteiger charge is -2.14. The van der Waals surface area contributed by atoms with Crippen molar-refractivity contribution < 1.29 is 0 Å². The molecule has 18 heavy (non-hydrogen) atoms. The van der Waals surface area contributed by atoms with Gasteiger partial charge in [0.05, 0.1) is 12.2 Å². The Bertz CT molecular complexity index is 476. The van der Waals surface area contributed by atoms with Crippen LogP contribution >= 0.6 is 22.7 Å². The van der Waals surface area contributed by atoms with Crippen molar-refractivity contribution in [3.05, 3.63) is 33.0 Å². The van der Waals surface area contributed by atoms with Gasteiger partial charge in [0.2, 0.25) is 0 Å². The lowest BCUT2D eigenvalue weighted by molar-refractivity contribution is 0.857. The molecule has 98 valence electrons. The molecular weight excluding hydrogens is 262 g/mol. The quantitative estimate of drug-likeness (QED) is 0.883. The van der Waals surface area contributed by atoms with Crippen LogP contribution < -0.4 is 10.6 Å². The Hall–Kier alpha value is -0.910. The van der Waals surface area contributed by atoms with Crippen molar-refractivity contribution in [3.63, 3.8) is 0 Å². The molecule has 0 bridgehead atoms. The van der Waals surface area contributed by atoms with Crippen molar-refractivity contribution in [3.8, 4) is 0 Å². The molecule has 3 nitrogen and oxygen atoms in total. The Morgan fingerprint density at radius 1 is 1.44 bits per heavy atom. The summed E-state index contributed by atoms with van der Waals surface area (Å²) in [4.78, 5) is 9.51. The van der Waals surface area contributed by atoms with Gasteiger partial charge >= 0.3 is 0 Å². The van der Waals surface area contributed by atoms with Crippen LogP contribution in [0.5, 0.6) is 0 Å². The van der Waals surface area contributed by atoms with Crippen molar-refractivity contribution >= 4 is 27.8 Å². The lowest BCUT2D eigenvalue weighted by atomic mass is 10.2. The van der Waals surface area contributed by atoms with E-state index in [0.717, 1.165) is 24.5 Å². The van der Waals surface area contributed by atoms with Crippen molar-refractivity contribution in [1.82, 2.24) is 4.98 Å². The highest BCUT2D eigenvalue weighted by Crippen LogP contribution is 2.27. The summed E-state index contributed by atoms with van der Waals surface area (Å²) in [7, 11) is 2.09. The molecule has 0 saturated carbocycles. The highest BCUT2D eigenvalue weighted by molar-refractivity contribution is 7.15. The molecule has 2 N–H and O–H groups in total. The fourth-order valence-electron chi connectivity index (χ4n) is 1.83. The fourth-order valence-corrected chi connectivity index (χ4v) is 3.53. The zero-order valence-electron chi connectivity index (χ0n) is 10.8. The summed E-state index contributed by atoms with van der Waals surface area (Å²) >= 11 is 3.51. The van der Waals surface area contributed by atoms with Gasteiger partial charge < -0.3 is 10.6 Å². The van der Waals surface area contributed by atoms with E-state index in [2.05, 4.69) is 36.4 Å². The highest BCUT2D eigenvalue weighted by atomic mass is 32.1. The van der Waals surface area contributed by atoms with E-state index in [1.807, 2.05) is 0 Å². The van der Waals surface area contributed by atoms with Crippen LogP contribution in [0.2, 0.25) is 0 Å². The maximum absolute atomic E-state index is 5.78. The molecule has 0 atom stereocenters. The molecule has 0 spiro atoms. The number of aryl methyl sites for hydroxylation is 1. The highest BCUT2D eigenvalue weighted by Gasteiger charge is 2.12. The molecule has 0 amide bonds. The van der Waals surface area contributed by atoms with E-state index in [0.29, 0.717) is 6.54 Å². The summed E-state index contributed by atoms with van der Waals surface area (Å²) < 4.78 is 0. The Kier molecular flexibility index (Phi) is 4.74. The smallest absolute Gasteiger partial charge is 0.185 e. The average molecular weight is 281 g/mol. The molecule has 0 unspecified atom stereocenters. The fraction of sp³-hybridized carbons (Fsp3) is 0.462. The summed E-state index contributed by atoms with van der Waals surface area (Å²) in [5.74, 6) is 0. The molecule has 5 heteroatoms. The zero-order valence-corrected chi connectivity index (χ0v) is 12.5. The topological polar surface area (TPSA) is 42.2 Å². The monoisotopic (exact) mass is 281 g/mol. The number of rotatable bonds is 6. The van der Waals surface area contributed by atoms with Crippen molar-refractivity contribution in [2.45, 2.75) is 32.9 Å². The summed E-state index contributed by atoms with van der Waals surface area (Å²) in [6.07, 6.45) is 2.14. The second-order valence-corrected chi connectivity index (χ2v) is 6.35. The Morgan fingerprint density at radius 3 is 2.89 bits per heavy atom. The van der Waals surface area contributed by atoms with Crippen LogP contribution in [0.1, 0.15) is 28.8 Å². The van der Waals surface area contributed by atoms with Gasteiger partial charge in [-0.1, -0.05) is 19.4 Å². The van der Waals surface area contributed by atoms with Crippen molar-refractivity contribution in [2.75, 3.05) is 11.9 Å². The first-order valence-corrected chi connectivity index (χ1v) is 7.86. The largest absolute Gasteiger partial charge is 0.346 e. The second kappa shape index (κ2) is 6.31. The number of thiazole rings is 1. The molecule has 2 rings (SSSR count). The van der Waals surface area contributed by atoms with Crippen LogP contribution in [0, 0.1) is 0 Å². The van der Waals surface area contributed by atoms with Crippen LogP contribution in [0.25, 0.3) is 0 Å². The number of anilines is 1. The molecule has 2 heterocycles. The minimum Gasteiger partial charge on any atom is -0.346 e. The summed E-state index contributed by atoms with van der Waals surface area (Å²) in [5, 5.41) is 3.19. The number of nitrogens with zero attached hydrogens (tertiary/aromatic N) is 2. The Labute approximate surface area is 116 Å². The first-order chi connectivity index (χ1) is 8.74. The molecule has 0 radical (unpaired) electrons. The Balaban J connectivity index is 2.12. The van der Waals surface area contributed by atoms with E-state index in [1.165, 1.54) is 15.4 Å². The third-order valence-electron chi connectivity index (χ3n) is 2.74. The summed E-state index contributed by atoms with van der Waals surface area (Å²) in [5.41, 5.74) is 6.96. The number of hydrogen-bond acceptors (Lipinski definition) is 5. The number of nitrogens with two attached hydrogens (primary N) is 1. The number of hydrogen-bond donors (Lipinski definition) is 1. The van der Waals surface area contributed by atoms with Crippen molar-refractivity contribution in [1.29, 1.82) is 0 Å². The normalized spacial score (nSPS) is 10.8. The van der Waals surface area contributed by atoms with Crippen LogP contribution in [0.4, 0.5) is 5.13 Å². The first kappa shape index (κ1) is 13.5. The van der Waals surface area contributed by atoms with Crippen LogP contribution in [0.3, 0.4) is 0 Å². The van der Waals surface area contributed by atoms with Gasteiger partial charge in [-0.2, -0.15) is 0 Å². The van der Waals surface area contributed by atoms with Gasteiger partial charge in [-0.15, -0.1) is 22.7 Å². The number of aromatic nitrogens is 1. The van der Waals surface area contributed by atoms with Gasteiger partial charge in [-0.05, 0) is 17.9 Å². The van der Waals surface area contributed by atoms with Crippen LogP contribution in [-0.4, -0.2) is 12.0 Å².